The lowest BCUT2D eigenvalue weighted by molar-refractivity contribution is -0.389. The van der Waals surface area contributed by atoms with Crippen LogP contribution in [0.15, 0.2) is 30.6 Å². The Balaban J connectivity index is 2.21. The standard InChI is InChI=1S/C9H7ClN4O2/c10-9-7(2-1-4-11-9)6-13-5-3-8(12-13)14(15)16/h1-5H,6H2. The third-order valence-corrected chi connectivity index (χ3v) is 2.32. The summed E-state index contributed by atoms with van der Waals surface area (Å²) in [5.41, 5.74) is 0.766. The average Bonchev–Trinajstić information content (AvgIpc) is 2.70. The summed E-state index contributed by atoms with van der Waals surface area (Å²) >= 11 is 5.86. The van der Waals surface area contributed by atoms with Gasteiger partial charge in [-0.15, -0.1) is 0 Å². The molecule has 0 unspecified atom stereocenters. The van der Waals surface area contributed by atoms with E-state index in [-0.39, 0.29) is 5.82 Å². The minimum atomic E-state index is -0.540. The summed E-state index contributed by atoms with van der Waals surface area (Å²) in [5, 5.41) is 14.6. The third kappa shape index (κ3) is 2.17. The largest absolute Gasteiger partial charge is 0.389 e. The van der Waals surface area contributed by atoms with E-state index in [1.165, 1.54) is 16.9 Å². The maximum absolute atomic E-state index is 10.4. The molecule has 2 heterocycles. The summed E-state index contributed by atoms with van der Waals surface area (Å²) in [6, 6.07) is 4.88. The molecule has 0 N–H and O–H groups in total. The fraction of sp³-hybridized carbons (Fsp3) is 0.111. The number of nitrogens with zero attached hydrogens (tertiary/aromatic N) is 4. The Morgan fingerprint density at radius 2 is 2.31 bits per heavy atom. The van der Waals surface area contributed by atoms with Crippen LogP contribution in [0.2, 0.25) is 5.15 Å². The molecule has 0 aliphatic carbocycles. The van der Waals surface area contributed by atoms with Crippen molar-refractivity contribution in [2.45, 2.75) is 6.54 Å². The van der Waals surface area contributed by atoms with E-state index in [0.717, 1.165) is 5.56 Å². The van der Waals surface area contributed by atoms with E-state index in [0.29, 0.717) is 11.7 Å². The van der Waals surface area contributed by atoms with Gasteiger partial charge in [0, 0.05) is 11.8 Å². The molecule has 0 aromatic carbocycles. The summed E-state index contributed by atoms with van der Waals surface area (Å²) in [7, 11) is 0. The highest BCUT2D eigenvalue weighted by atomic mass is 35.5. The highest BCUT2D eigenvalue weighted by molar-refractivity contribution is 6.30. The van der Waals surface area contributed by atoms with E-state index in [9.17, 15) is 10.1 Å². The molecule has 2 aromatic heterocycles. The Hall–Kier alpha value is -1.95. The van der Waals surface area contributed by atoms with Crippen molar-refractivity contribution >= 4 is 17.4 Å². The lowest BCUT2D eigenvalue weighted by atomic mass is 10.3. The first-order valence-corrected chi connectivity index (χ1v) is 4.82. The molecule has 0 bridgehead atoms. The zero-order valence-corrected chi connectivity index (χ0v) is 8.83. The second kappa shape index (κ2) is 4.28. The molecule has 2 rings (SSSR count). The molecule has 2 aromatic rings. The summed E-state index contributed by atoms with van der Waals surface area (Å²) in [4.78, 5) is 13.8. The smallest absolute Gasteiger partial charge is 0.358 e. The van der Waals surface area contributed by atoms with Crippen LogP contribution in [-0.2, 0) is 6.54 Å². The van der Waals surface area contributed by atoms with Crippen LogP contribution >= 0.6 is 11.6 Å². The zero-order chi connectivity index (χ0) is 11.5. The molecule has 0 spiro atoms. The molecule has 82 valence electrons. The van der Waals surface area contributed by atoms with Gasteiger partial charge in [0.1, 0.15) is 5.15 Å². The molecule has 0 radical (unpaired) electrons. The first-order valence-electron chi connectivity index (χ1n) is 4.44. The number of nitro groups is 1. The van der Waals surface area contributed by atoms with Gasteiger partial charge >= 0.3 is 5.82 Å². The highest BCUT2D eigenvalue weighted by Crippen LogP contribution is 2.14. The summed E-state index contributed by atoms with van der Waals surface area (Å²) < 4.78 is 1.45. The van der Waals surface area contributed by atoms with E-state index < -0.39 is 4.92 Å². The summed E-state index contributed by atoms with van der Waals surface area (Å²) in [6.07, 6.45) is 3.11. The molecular formula is C9H7ClN4O2. The van der Waals surface area contributed by atoms with Crippen LogP contribution in [0.4, 0.5) is 5.82 Å². The SMILES string of the molecule is O=[N+]([O-])c1ccn(Cc2cccnc2Cl)n1. The maximum Gasteiger partial charge on any atom is 0.389 e. The van der Waals surface area contributed by atoms with Gasteiger partial charge in [0.2, 0.25) is 0 Å². The number of halogens is 1. The third-order valence-electron chi connectivity index (χ3n) is 1.98. The monoisotopic (exact) mass is 238 g/mol. The van der Waals surface area contributed by atoms with E-state index >= 15 is 0 Å². The first-order chi connectivity index (χ1) is 7.66. The van der Waals surface area contributed by atoms with Crippen molar-refractivity contribution < 1.29 is 4.92 Å². The van der Waals surface area contributed by atoms with Gasteiger partial charge in [-0.2, -0.15) is 4.68 Å². The highest BCUT2D eigenvalue weighted by Gasteiger charge is 2.11. The van der Waals surface area contributed by atoms with Gasteiger partial charge in [0.25, 0.3) is 0 Å². The molecule has 0 saturated heterocycles. The molecule has 6 nitrogen and oxygen atoms in total. The fourth-order valence-corrected chi connectivity index (χ4v) is 1.43. The molecule has 0 fully saturated rings. The Morgan fingerprint density at radius 1 is 1.50 bits per heavy atom. The Bertz CT molecular complexity index is 526. The van der Waals surface area contributed by atoms with Crippen LogP contribution in [0.3, 0.4) is 0 Å². The Labute approximate surface area is 95.6 Å². The normalized spacial score (nSPS) is 10.3. The van der Waals surface area contributed by atoms with Crippen molar-refractivity contribution in [3.63, 3.8) is 0 Å². The predicted octanol–water partition coefficient (Wildman–Crippen LogP) is 1.89. The van der Waals surface area contributed by atoms with Gasteiger partial charge in [-0.05, 0) is 11.0 Å². The Kier molecular flexibility index (Phi) is 2.82. The van der Waals surface area contributed by atoms with E-state index in [1.807, 2.05) is 0 Å². The first kappa shape index (κ1) is 10.6. The molecule has 0 saturated carbocycles. The van der Waals surface area contributed by atoms with Crippen LogP contribution in [-0.4, -0.2) is 19.7 Å². The molecule has 0 aliphatic heterocycles. The molecule has 0 atom stereocenters. The molecule has 7 heteroatoms. The number of hydrogen-bond acceptors (Lipinski definition) is 4. The summed E-state index contributed by atoms with van der Waals surface area (Å²) in [6.45, 7) is 0.362. The van der Waals surface area contributed by atoms with Crippen molar-refractivity contribution in [2.24, 2.45) is 0 Å². The number of pyridine rings is 1. The minimum absolute atomic E-state index is 0.181. The van der Waals surface area contributed by atoms with Crippen LogP contribution in [0.25, 0.3) is 0 Å². The van der Waals surface area contributed by atoms with Gasteiger partial charge in [0.15, 0.2) is 0 Å². The van der Waals surface area contributed by atoms with Crippen LogP contribution in [0, 0.1) is 10.1 Å². The average molecular weight is 239 g/mol. The van der Waals surface area contributed by atoms with Gasteiger partial charge in [-0.25, -0.2) is 4.98 Å². The second-order valence-electron chi connectivity index (χ2n) is 3.08. The van der Waals surface area contributed by atoms with E-state index in [1.54, 1.807) is 18.3 Å². The lowest BCUT2D eigenvalue weighted by Gasteiger charge is -1.99. The van der Waals surface area contributed by atoms with E-state index in [4.69, 9.17) is 11.6 Å². The zero-order valence-electron chi connectivity index (χ0n) is 8.08. The predicted molar refractivity (Wildman–Crippen MR) is 57.2 cm³/mol. The van der Waals surface area contributed by atoms with Crippen molar-refractivity contribution in [2.75, 3.05) is 0 Å². The van der Waals surface area contributed by atoms with Gasteiger partial charge in [-0.3, -0.25) is 0 Å². The fourth-order valence-electron chi connectivity index (χ4n) is 1.25. The van der Waals surface area contributed by atoms with Crippen molar-refractivity contribution in [3.05, 3.63) is 51.4 Å². The molecule has 0 aliphatic rings. The molecule has 16 heavy (non-hydrogen) atoms. The Morgan fingerprint density at radius 3 is 2.94 bits per heavy atom. The quantitative estimate of drug-likeness (QED) is 0.465. The second-order valence-corrected chi connectivity index (χ2v) is 3.44. The van der Waals surface area contributed by atoms with Crippen LogP contribution < -0.4 is 0 Å². The van der Waals surface area contributed by atoms with Crippen LogP contribution in [0.5, 0.6) is 0 Å². The van der Waals surface area contributed by atoms with E-state index in [2.05, 4.69) is 10.1 Å². The van der Waals surface area contributed by atoms with Gasteiger partial charge < -0.3 is 10.1 Å². The summed E-state index contributed by atoms with van der Waals surface area (Å²) in [5.74, 6) is -0.181. The van der Waals surface area contributed by atoms with Crippen molar-refractivity contribution in [3.8, 4) is 0 Å². The van der Waals surface area contributed by atoms with Crippen molar-refractivity contribution in [1.29, 1.82) is 0 Å². The maximum atomic E-state index is 10.4. The van der Waals surface area contributed by atoms with Crippen molar-refractivity contribution in [1.82, 2.24) is 14.8 Å². The van der Waals surface area contributed by atoms with Gasteiger partial charge in [0.05, 0.1) is 23.9 Å². The lowest BCUT2D eigenvalue weighted by Crippen LogP contribution is -2.02. The minimum Gasteiger partial charge on any atom is -0.358 e. The topological polar surface area (TPSA) is 73.8 Å². The molecule has 0 amide bonds. The molecular weight excluding hydrogens is 232 g/mol. The van der Waals surface area contributed by atoms with Crippen LogP contribution in [0.1, 0.15) is 5.56 Å². The number of hydrogen-bond donors (Lipinski definition) is 0. The number of aromatic nitrogens is 3. The van der Waals surface area contributed by atoms with Gasteiger partial charge in [-0.1, -0.05) is 17.7 Å². The number of rotatable bonds is 3.